The Balaban J connectivity index is 1.29. The summed E-state index contributed by atoms with van der Waals surface area (Å²) < 4.78 is 0. The lowest BCUT2D eigenvalue weighted by Gasteiger charge is -2.21. The Labute approximate surface area is 250 Å². The number of aromatic nitrogens is 4. The van der Waals surface area contributed by atoms with Gasteiger partial charge < -0.3 is 0 Å². The summed E-state index contributed by atoms with van der Waals surface area (Å²) in [6.45, 7) is 4.63. The van der Waals surface area contributed by atoms with Crippen molar-refractivity contribution in [2.45, 2.75) is 19.3 Å². The number of fused-ring (bicyclic) bond motifs is 5. The summed E-state index contributed by atoms with van der Waals surface area (Å²) in [5, 5.41) is 2.53. The maximum absolute atomic E-state index is 5.05. The van der Waals surface area contributed by atoms with Gasteiger partial charge in [-0.3, -0.25) is 4.98 Å². The van der Waals surface area contributed by atoms with Crippen LogP contribution in [-0.2, 0) is 5.41 Å². The molecule has 0 radical (unpaired) electrons. The Morgan fingerprint density at radius 3 is 1.84 bits per heavy atom. The van der Waals surface area contributed by atoms with Gasteiger partial charge >= 0.3 is 0 Å². The van der Waals surface area contributed by atoms with Crippen molar-refractivity contribution >= 4 is 10.8 Å². The van der Waals surface area contributed by atoms with Crippen molar-refractivity contribution in [3.05, 3.63) is 145 Å². The van der Waals surface area contributed by atoms with Crippen molar-refractivity contribution in [3.63, 3.8) is 0 Å². The third kappa shape index (κ3) is 4.22. The SMILES string of the molecule is CC1(C)c2ccc(-c3nc(-c4ccccc4)nc(-c4ccc(-c5cccnc5)cc4)n3)cc2-c2c1ccc1ccccc21. The van der Waals surface area contributed by atoms with Gasteiger partial charge in [-0.05, 0) is 56.3 Å². The molecule has 0 aliphatic heterocycles. The van der Waals surface area contributed by atoms with E-state index in [4.69, 9.17) is 15.0 Å². The molecular formula is C39H28N4. The quantitative estimate of drug-likeness (QED) is 0.218. The van der Waals surface area contributed by atoms with E-state index in [1.165, 1.54) is 33.0 Å². The van der Waals surface area contributed by atoms with Crippen molar-refractivity contribution in [2.24, 2.45) is 0 Å². The van der Waals surface area contributed by atoms with Crippen LogP contribution in [0.3, 0.4) is 0 Å². The van der Waals surface area contributed by atoms with Gasteiger partial charge in [-0.1, -0.05) is 123 Å². The van der Waals surface area contributed by atoms with Gasteiger partial charge in [0.15, 0.2) is 17.5 Å². The fourth-order valence-corrected chi connectivity index (χ4v) is 6.36. The highest BCUT2D eigenvalue weighted by Gasteiger charge is 2.36. The summed E-state index contributed by atoms with van der Waals surface area (Å²) in [6, 6.07) is 42.4. The van der Waals surface area contributed by atoms with Gasteiger partial charge in [-0.15, -0.1) is 0 Å². The highest BCUT2D eigenvalue weighted by molar-refractivity contribution is 6.03. The molecule has 0 saturated carbocycles. The van der Waals surface area contributed by atoms with Gasteiger partial charge in [0.25, 0.3) is 0 Å². The summed E-state index contributed by atoms with van der Waals surface area (Å²) in [6.07, 6.45) is 3.66. The molecule has 0 amide bonds. The predicted molar refractivity (Wildman–Crippen MR) is 174 cm³/mol. The third-order valence-corrected chi connectivity index (χ3v) is 8.63. The van der Waals surface area contributed by atoms with E-state index in [9.17, 15) is 0 Å². The largest absolute Gasteiger partial charge is 0.264 e. The zero-order valence-corrected chi connectivity index (χ0v) is 24.0. The van der Waals surface area contributed by atoms with Crippen LogP contribution in [0.2, 0.25) is 0 Å². The van der Waals surface area contributed by atoms with E-state index in [0.717, 1.165) is 27.8 Å². The van der Waals surface area contributed by atoms with Gasteiger partial charge in [0.1, 0.15) is 0 Å². The maximum Gasteiger partial charge on any atom is 0.164 e. The van der Waals surface area contributed by atoms with Gasteiger partial charge in [-0.2, -0.15) is 0 Å². The number of hydrogen-bond acceptors (Lipinski definition) is 4. The van der Waals surface area contributed by atoms with Crippen LogP contribution in [0.4, 0.5) is 0 Å². The van der Waals surface area contributed by atoms with Crippen molar-refractivity contribution in [3.8, 4) is 56.4 Å². The molecule has 2 heterocycles. The van der Waals surface area contributed by atoms with Crippen molar-refractivity contribution in [1.82, 2.24) is 19.9 Å². The molecule has 1 aliphatic carbocycles. The summed E-state index contributed by atoms with van der Waals surface area (Å²) in [5.74, 6) is 1.96. The van der Waals surface area contributed by atoms with Crippen molar-refractivity contribution in [2.75, 3.05) is 0 Å². The highest BCUT2D eigenvalue weighted by atomic mass is 15.0. The van der Waals surface area contributed by atoms with E-state index in [-0.39, 0.29) is 5.41 Å². The summed E-state index contributed by atoms with van der Waals surface area (Å²) in [5.41, 5.74) is 10.2. The lowest BCUT2D eigenvalue weighted by Crippen LogP contribution is -2.14. The molecule has 43 heavy (non-hydrogen) atoms. The summed E-state index contributed by atoms with van der Waals surface area (Å²) in [7, 11) is 0. The first-order valence-corrected chi connectivity index (χ1v) is 14.6. The zero-order valence-electron chi connectivity index (χ0n) is 24.0. The van der Waals surface area contributed by atoms with Crippen LogP contribution in [0.25, 0.3) is 67.2 Å². The molecule has 0 atom stereocenters. The molecular weight excluding hydrogens is 524 g/mol. The molecule has 0 saturated heterocycles. The number of rotatable bonds is 4. The minimum Gasteiger partial charge on any atom is -0.264 e. The lowest BCUT2D eigenvalue weighted by atomic mass is 9.82. The fourth-order valence-electron chi connectivity index (χ4n) is 6.36. The van der Waals surface area contributed by atoms with Crippen molar-refractivity contribution < 1.29 is 0 Å². The van der Waals surface area contributed by atoms with Crippen LogP contribution in [0.5, 0.6) is 0 Å². The highest BCUT2D eigenvalue weighted by Crippen LogP contribution is 2.52. The standard InChI is InChI=1S/C39H28N4/c1-39(2)33-20-19-29(23-32(33)35-31-13-7-6-9-26(31)18-21-34(35)39)38-42-36(27-10-4-3-5-11-27)41-37(43-38)28-16-14-25(15-17-28)30-12-8-22-40-24-30/h3-24H,1-2H3. The van der Waals surface area contributed by atoms with Crippen LogP contribution < -0.4 is 0 Å². The van der Waals surface area contributed by atoms with E-state index in [2.05, 4.69) is 104 Å². The Morgan fingerprint density at radius 1 is 0.488 bits per heavy atom. The first-order valence-electron chi connectivity index (χ1n) is 14.6. The number of pyridine rings is 1. The fraction of sp³-hybridized carbons (Fsp3) is 0.0769. The second-order valence-electron chi connectivity index (χ2n) is 11.6. The molecule has 4 heteroatoms. The third-order valence-electron chi connectivity index (χ3n) is 8.63. The van der Waals surface area contributed by atoms with Crippen LogP contribution in [-0.4, -0.2) is 19.9 Å². The Morgan fingerprint density at radius 2 is 1.09 bits per heavy atom. The normalized spacial score (nSPS) is 13.1. The van der Waals surface area contributed by atoms with E-state index in [0.29, 0.717) is 17.5 Å². The monoisotopic (exact) mass is 552 g/mol. The Bertz CT molecular complexity index is 2130. The minimum atomic E-state index is -0.0945. The maximum atomic E-state index is 5.05. The number of nitrogens with zero attached hydrogens (tertiary/aromatic N) is 4. The lowest BCUT2D eigenvalue weighted by molar-refractivity contribution is 0.661. The molecule has 7 aromatic rings. The van der Waals surface area contributed by atoms with E-state index in [1.54, 1.807) is 6.20 Å². The van der Waals surface area contributed by atoms with E-state index >= 15 is 0 Å². The molecule has 4 nitrogen and oxygen atoms in total. The zero-order chi connectivity index (χ0) is 29.0. The second-order valence-corrected chi connectivity index (χ2v) is 11.6. The predicted octanol–water partition coefficient (Wildman–Crippen LogP) is 9.39. The molecule has 204 valence electrons. The summed E-state index contributed by atoms with van der Waals surface area (Å²) in [4.78, 5) is 19.3. The number of hydrogen-bond donors (Lipinski definition) is 0. The van der Waals surface area contributed by atoms with E-state index < -0.39 is 0 Å². The van der Waals surface area contributed by atoms with Crippen LogP contribution in [0, 0.1) is 0 Å². The van der Waals surface area contributed by atoms with Crippen LogP contribution in [0.15, 0.2) is 134 Å². The molecule has 2 aromatic heterocycles. The molecule has 0 spiro atoms. The van der Waals surface area contributed by atoms with Crippen LogP contribution >= 0.6 is 0 Å². The van der Waals surface area contributed by atoms with E-state index in [1.807, 2.05) is 42.6 Å². The average Bonchev–Trinajstić information content (AvgIpc) is 3.31. The van der Waals surface area contributed by atoms with Crippen LogP contribution in [0.1, 0.15) is 25.0 Å². The summed E-state index contributed by atoms with van der Waals surface area (Å²) >= 11 is 0. The first-order chi connectivity index (χ1) is 21.1. The molecule has 1 aliphatic rings. The molecule has 5 aromatic carbocycles. The smallest absolute Gasteiger partial charge is 0.164 e. The number of benzene rings is 5. The Kier molecular flexibility index (Phi) is 5.76. The van der Waals surface area contributed by atoms with Gasteiger partial charge in [0.05, 0.1) is 0 Å². The molecule has 8 rings (SSSR count). The second kappa shape index (κ2) is 9.81. The minimum absolute atomic E-state index is 0.0945. The van der Waals surface area contributed by atoms with Gasteiger partial charge in [-0.25, -0.2) is 15.0 Å². The topological polar surface area (TPSA) is 51.6 Å². The Hall–Kier alpha value is -5.48. The van der Waals surface area contributed by atoms with Gasteiger partial charge in [0.2, 0.25) is 0 Å². The molecule has 0 unspecified atom stereocenters. The first kappa shape index (κ1) is 25.2. The molecule has 0 bridgehead atoms. The average molecular weight is 553 g/mol. The van der Waals surface area contributed by atoms with Crippen molar-refractivity contribution in [1.29, 1.82) is 0 Å². The van der Waals surface area contributed by atoms with Gasteiger partial charge in [0, 0.05) is 34.5 Å². The molecule has 0 N–H and O–H groups in total. The molecule has 0 fully saturated rings.